The van der Waals surface area contributed by atoms with E-state index >= 15 is 0 Å². The highest BCUT2D eigenvalue weighted by atomic mass is 79.9. The molecule has 0 aliphatic heterocycles. The van der Waals surface area contributed by atoms with Gasteiger partial charge in [0, 0.05) is 22.3 Å². The first kappa shape index (κ1) is 16.2. The van der Waals surface area contributed by atoms with E-state index in [-0.39, 0.29) is 23.6 Å². The number of pyridine rings is 1. The quantitative estimate of drug-likeness (QED) is 0.877. The summed E-state index contributed by atoms with van der Waals surface area (Å²) in [5, 5.41) is 5.53. The fraction of sp³-hybridized carbons (Fsp3) is 0.188. The molecule has 0 saturated heterocycles. The first-order valence-electron chi connectivity index (χ1n) is 6.80. The fourth-order valence-electron chi connectivity index (χ4n) is 1.79. The van der Waals surface area contributed by atoms with Crippen molar-refractivity contribution < 1.29 is 9.59 Å². The minimum absolute atomic E-state index is 0.00653. The predicted molar refractivity (Wildman–Crippen MR) is 88.9 cm³/mol. The zero-order chi connectivity index (χ0) is 16.1. The Hall–Kier alpha value is -2.21. The Labute approximate surface area is 137 Å². The third-order valence-corrected chi connectivity index (χ3v) is 3.49. The van der Waals surface area contributed by atoms with Crippen molar-refractivity contribution >= 4 is 33.4 Å². The molecular formula is C16H16BrN3O2. The number of para-hydroxylation sites is 1. The van der Waals surface area contributed by atoms with Crippen LogP contribution in [0.1, 0.15) is 34.7 Å². The molecule has 22 heavy (non-hydrogen) atoms. The SMILES string of the molecule is CC(C)NC(=O)c1cc(C(=O)Nc2ccccc2Br)ccn1. The number of carbonyl (C=O) groups is 2. The molecule has 0 fully saturated rings. The number of nitrogens with zero attached hydrogens (tertiary/aromatic N) is 1. The van der Waals surface area contributed by atoms with Gasteiger partial charge in [-0.15, -0.1) is 0 Å². The third-order valence-electron chi connectivity index (χ3n) is 2.80. The number of anilines is 1. The van der Waals surface area contributed by atoms with Crippen molar-refractivity contribution in [2.24, 2.45) is 0 Å². The Morgan fingerprint density at radius 1 is 1.14 bits per heavy atom. The summed E-state index contributed by atoms with van der Waals surface area (Å²) in [6.07, 6.45) is 1.45. The van der Waals surface area contributed by atoms with E-state index in [1.165, 1.54) is 12.3 Å². The number of hydrogen-bond acceptors (Lipinski definition) is 3. The highest BCUT2D eigenvalue weighted by Gasteiger charge is 2.13. The summed E-state index contributed by atoms with van der Waals surface area (Å²) in [5.74, 6) is -0.599. The predicted octanol–water partition coefficient (Wildman–Crippen LogP) is 3.23. The third kappa shape index (κ3) is 4.14. The Morgan fingerprint density at radius 3 is 2.55 bits per heavy atom. The van der Waals surface area contributed by atoms with Gasteiger partial charge in [-0.25, -0.2) is 0 Å². The van der Waals surface area contributed by atoms with E-state index in [0.717, 1.165) is 4.47 Å². The van der Waals surface area contributed by atoms with Gasteiger partial charge < -0.3 is 10.6 Å². The zero-order valence-electron chi connectivity index (χ0n) is 12.3. The van der Waals surface area contributed by atoms with Crippen LogP contribution < -0.4 is 10.6 Å². The number of nitrogens with one attached hydrogen (secondary N) is 2. The summed E-state index contributed by atoms with van der Waals surface area (Å²) < 4.78 is 0.787. The summed E-state index contributed by atoms with van der Waals surface area (Å²) in [6, 6.07) is 10.4. The topological polar surface area (TPSA) is 71.1 Å². The van der Waals surface area contributed by atoms with Gasteiger partial charge in [0.2, 0.25) is 0 Å². The van der Waals surface area contributed by atoms with E-state index in [1.807, 2.05) is 32.0 Å². The van der Waals surface area contributed by atoms with Gasteiger partial charge in [0.15, 0.2) is 0 Å². The van der Waals surface area contributed by atoms with Crippen molar-refractivity contribution in [3.63, 3.8) is 0 Å². The van der Waals surface area contributed by atoms with Crippen LogP contribution in [0.2, 0.25) is 0 Å². The molecule has 0 bridgehead atoms. The summed E-state index contributed by atoms with van der Waals surface area (Å²) in [6.45, 7) is 3.72. The number of benzene rings is 1. The van der Waals surface area contributed by atoms with Crippen LogP contribution in [-0.2, 0) is 0 Å². The molecule has 0 atom stereocenters. The lowest BCUT2D eigenvalue weighted by Gasteiger charge is -2.09. The molecule has 5 nitrogen and oxygen atoms in total. The summed E-state index contributed by atoms with van der Waals surface area (Å²) >= 11 is 3.37. The lowest BCUT2D eigenvalue weighted by Crippen LogP contribution is -2.31. The molecule has 0 saturated carbocycles. The molecular weight excluding hydrogens is 346 g/mol. The van der Waals surface area contributed by atoms with E-state index in [4.69, 9.17) is 0 Å². The maximum atomic E-state index is 12.3. The van der Waals surface area contributed by atoms with Gasteiger partial charge in [0.05, 0.1) is 5.69 Å². The number of rotatable bonds is 4. The van der Waals surface area contributed by atoms with E-state index in [1.54, 1.807) is 12.1 Å². The molecule has 0 radical (unpaired) electrons. The maximum Gasteiger partial charge on any atom is 0.270 e. The number of carbonyl (C=O) groups excluding carboxylic acids is 2. The van der Waals surface area contributed by atoms with E-state index < -0.39 is 0 Å². The van der Waals surface area contributed by atoms with Crippen LogP contribution in [0.5, 0.6) is 0 Å². The highest BCUT2D eigenvalue weighted by molar-refractivity contribution is 9.10. The van der Waals surface area contributed by atoms with Crippen LogP contribution in [0.3, 0.4) is 0 Å². The number of hydrogen-bond donors (Lipinski definition) is 2. The highest BCUT2D eigenvalue weighted by Crippen LogP contribution is 2.21. The van der Waals surface area contributed by atoms with Gasteiger partial charge in [-0.3, -0.25) is 14.6 Å². The number of aromatic nitrogens is 1. The fourth-order valence-corrected chi connectivity index (χ4v) is 2.17. The summed E-state index contributed by atoms with van der Waals surface area (Å²) in [7, 11) is 0. The average molecular weight is 362 g/mol. The maximum absolute atomic E-state index is 12.3. The standard InChI is InChI=1S/C16H16BrN3O2/c1-10(2)19-16(22)14-9-11(7-8-18-14)15(21)20-13-6-4-3-5-12(13)17/h3-10H,1-2H3,(H,19,22)(H,20,21). The molecule has 0 unspecified atom stereocenters. The van der Waals surface area contributed by atoms with Crippen molar-refractivity contribution in [2.45, 2.75) is 19.9 Å². The lowest BCUT2D eigenvalue weighted by atomic mass is 10.2. The zero-order valence-corrected chi connectivity index (χ0v) is 13.8. The molecule has 2 amide bonds. The lowest BCUT2D eigenvalue weighted by molar-refractivity contribution is 0.0938. The van der Waals surface area contributed by atoms with Crippen LogP contribution in [0, 0.1) is 0 Å². The van der Waals surface area contributed by atoms with Crippen molar-refractivity contribution in [3.8, 4) is 0 Å². The molecule has 2 rings (SSSR count). The molecule has 2 aromatic rings. The summed E-state index contributed by atoms with van der Waals surface area (Å²) in [4.78, 5) is 28.2. The minimum atomic E-state index is -0.300. The second-order valence-electron chi connectivity index (χ2n) is 4.99. The molecule has 1 aromatic heterocycles. The molecule has 1 aromatic carbocycles. The van der Waals surface area contributed by atoms with Crippen LogP contribution in [-0.4, -0.2) is 22.8 Å². The van der Waals surface area contributed by atoms with Crippen molar-refractivity contribution in [1.82, 2.24) is 10.3 Å². The largest absolute Gasteiger partial charge is 0.349 e. The van der Waals surface area contributed by atoms with Gasteiger partial charge in [-0.05, 0) is 54.0 Å². The van der Waals surface area contributed by atoms with E-state index in [2.05, 4.69) is 31.5 Å². The van der Waals surface area contributed by atoms with E-state index in [0.29, 0.717) is 11.3 Å². The van der Waals surface area contributed by atoms with Crippen LogP contribution in [0.4, 0.5) is 5.69 Å². The first-order chi connectivity index (χ1) is 10.5. The number of halogens is 1. The Bertz CT molecular complexity index is 701. The molecule has 2 N–H and O–H groups in total. The van der Waals surface area contributed by atoms with Crippen LogP contribution >= 0.6 is 15.9 Å². The van der Waals surface area contributed by atoms with Gasteiger partial charge in [-0.2, -0.15) is 0 Å². The van der Waals surface area contributed by atoms with E-state index in [9.17, 15) is 9.59 Å². The number of amides is 2. The molecule has 0 aliphatic carbocycles. The molecule has 0 spiro atoms. The van der Waals surface area contributed by atoms with Gasteiger partial charge >= 0.3 is 0 Å². The Balaban J connectivity index is 2.17. The van der Waals surface area contributed by atoms with Crippen LogP contribution in [0.15, 0.2) is 47.1 Å². The molecule has 114 valence electrons. The minimum Gasteiger partial charge on any atom is -0.349 e. The molecule has 1 heterocycles. The Morgan fingerprint density at radius 2 is 1.86 bits per heavy atom. The Kier molecular flexibility index (Phi) is 5.27. The van der Waals surface area contributed by atoms with Crippen molar-refractivity contribution in [2.75, 3.05) is 5.32 Å². The van der Waals surface area contributed by atoms with Crippen molar-refractivity contribution in [1.29, 1.82) is 0 Å². The van der Waals surface area contributed by atoms with Crippen LogP contribution in [0.25, 0.3) is 0 Å². The summed E-state index contributed by atoms with van der Waals surface area (Å²) in [5.41, 5.74) is 1.26. The van der Waals surface area contributed by atoms with Gasteiger partial charge in [-0.1, -0.05) is 12.1 Å². The smallest absolute Gasteiger partial charge is 0.270 e. The molecule has 6 heteroatoms. The van der Waals surface area contributed by atoms with Gasteiger partial charge in [0.25, 0.3) is 11.8 Å². The molecule has 0 aliphatic rings. The second-order valence-corrected chi connectivity index (χ2v) is 5.85. The van der Waals surface area contributed by atoms with Gasteiger partial charge in [0.1, 0.15) is 5.69 Å². The second kappa shape index (κ2) is 7.17. The monoisotopic (exact) mass is 361 g/mol. The normalized spacial score (nSPS) is 10.4. The first-order valence-corrected chi connectivity index (χ1v) is 7.59. The average Bonchev–Trinajstić information content (AvgIpc) is 2.49. The van der Waals surface area contributed by atoms with Crippen molar-refractivity contribution in [3.05, 3.63) is 58.3 Å².